The number of anilines is 1. The van der Waals surface area contributed by atoms with Crippen LogP contribution in [-0.2, 0) is 0 Å². The Hall–Kier alpha value is -1.07. The summed E-state index contributed by atoms with van der Waals surface area (Å²) in [6.45, 7) is 3.05. The average Bonchev–Trinajstić information content (AvgIpc) is 2.35. The molecule has 4 nitrogen and oxygen atoms in total. The third-order valence-electron chi connectivity index (χ3n) is 3.45. The normalized spacial score (nSPS) is 24.1. The second kappa shape index (κ2) is 5.28. The second-order valence-corrected chi connectivity index (χ2v) is 5.73. The number of carbonyl (C=O) groups is 1. The van der Waals surface area contributed by atoms with E-state index >= 15 is 0 Å². The van der Waals surface area contributed by atoms with Crippen LogP contribution in [0.4, 0.5) is 5.69 Å². The molecule has 1 aliphatic heterocycles. The maximum absolute atomic E-state index is 12.3. The Bertz CT molecular complexity index is 464. The van der Waals surface area contributed by atoms with Crippen molar-refractivity contribution >= 4 is 27.5 Å². The predicted octanol–water partition coefficient (Wildman–Crippen LogP) is 1.87. The van der Waals surface area contributed by atoms with E-state index in [-0.39, 0.29) is 11.8 Å². The molecule has 0 bridgehead atoms. The van der Waals surface area contributed by atoms with Crippen LogP contribution in [0.3, 0.4) is 0 Å². The van der Waals surface area contributed by atoms with Gasteiger partial charge < -0.3 is 15.7 Å². The van der Waals surface area contributed by atoms with Crippen molar-refractivity contribution in [2.24, 2.45) is 5.92 Å². The van der Waals surface area contributed by atoms with E-state index in [1.54, 1.807) is 23.1 Å². The van der Waals surface area contributed by atoms with Crippen LogP contribution in [0, 0.1) is 5.92 Å². The van der Waals surface area contributed by atoms with Crippen LogP contribution >= 0.6 is 15.9 Å². The lowest BCUT2D eigenvalue weighted by Gasteiger charge is -2.34. The number of aliphatic hydroxyl groups excluding tert-OH is 1. The highest BCUT2D eigenvalue weighted by atomic mass is 79.9. The van der Waals surface area contributed by atoms with Gasteiger partial charge in [0.15, 0.2) is 0 Å². The molecule has 1 aliphatic rings. The summed E-state index contributed by atoms with van der Waals surface area (Å²) in [7, 11) is 0. The number of rotatable bonds is 1. The summed E-state index contributed by atoms with van der Waals surface area (Å²) >= 11 is 3.33. The van der Waals surface area contributed by atoms with Crippen molar-refractivity contribution in [3.8, 4) is 0 Å². The molecule has 98 valence electrons. The lowest BCUT2D eigenvalue weighted by atomic mass is 9.95. The van der Waals surface area contributed by atoms with E-state index in [0.717, 1.165) is 10.9 Å². The van der Waals surface area contributed by atoms with Crippen molar-refractivity contribution in [2.45, 2.75) is 19.4 Å². The standard InChI is InChI=1S/C13H17BrN2O2/c1-8-4-5-16(7-12(8)17)13(18)10-6-9(14)2-3-11(10)15/h2-3,6,8,12,17H,4-5,7,15H2,1H3. The van der Waals surface area contributed by atoms with Gasteiger partial charge in [-0.05, 0) is 30.5 Å². The van der Waals surface area contributed by atoms with Gasteiger partial charge >= 0.3 is 0 Å². The zero-order chi connectivity index (χ0) is 13.3. The first-order chi connectivity index (χ1) is 8.49. The molecule has 1 aromatic rings. The molecule has 2 unspecified atom stereocenters. The molecule has 2 rings (SSSR count). The van der Waals surface area contributed by atoms with Gasteiger partial charge in [0.05, 0.1) is 11.7 Å². The molecule has 0 aliphatic carbocycles. The Morgan fingerprint density at radius 3 is 2.94 bits per heavy atom. The number of amides is 1. The van der Waals surface area contributed by atoms with Gasteiger partial charge in [-0.25, -0.2) is 0 Å². The highest BCUT2D eigenvalue weighted by molar-refractivity contribution is 9.10. The largest absolute Gasteiger partial charge is 0.398 e. The van der Waals surface area contributed by atoms with Crippen molar-refractivity contribution in [1.29, 1.82) is 0 Å². The minimum atomic E-state index is -0.448. The predicted molar refractivity (Wildman–Crippen MR) is 74.2 cm³/mol. The molecule has 0 saturated carbocycles. The number of piperidine rings is 1. The third-order valence-corrected chi connectivity index (χ3v) is 3.94. The summed E-state index contributed by atoms with van der Waals surface area (Å²) in [5.41, 5.74) is 6.79. The van der Waals surface area contributed by atoms with E-state index in [0.29, 0.717) is 24.3 Å². The molecule has 1 fully saturated rings. The zero-order valence-corrected chi connectivity index (χ0v) is 11.9. The fraction of sp³-hybridized carbons (Fsp3) is 0.462. The highest BCUT2D eigenvalue weighted by Crippen LogP contribution is 2.23. The van der Waals surface area contributed by atoms with Crippen LogP contribution in [0.5, 0.6) is 0 Å². The number of hydrogen-bond donors (Lipinski definition) is 2. The average molecular weight is 313 g/mol. The summed E-state index contributed by atoms with van der Waals surface area (Å²) in [5.74, 6) is 0.133. The fourth-order valence-corrected chi connectivity index (χ4v) is 2.48. The van der Waals surface area contributed by atoms with Gasteiger partial charge in [-0.3, -0.25) is 4.79 Å². The molecule has 3 N–H and O–H groups in total. The summed E-state index contributed by atoms with van der Waals surface area (Å²) in [4.78, 5) is 14.0. The van der Waals surface area contributed by atoms with Gasteiger partial charge in [0.2, 0.25) is 0 Å². The SMILES string of the molecule is CC1CCN(C(=O)c2cc(Br)ccc2N)CC1O. The molecular weight excluding hydrogens is 296 g/mol. The Morgan fingerprint density at radius 2 is 2.28 bits per heavy atom. The molecule has 5 heteroatoms. The van der Waals surface area contributed by atoms with E-state index in [4.69, 9.17) is 5.73 Å². The van der Waals surface area contributed by atoms with Gasteiger partial charge in [0, 0.05) is 23.2 Å². The number of nitrogen functional groups attached to an aromatic ring is 1. The molecule has 0 aromatic heterocycles. The molecule has 0 spiro atoms. The highest BCUT2D eigenvalue weighted by Gasteiger charge is 2.28. The number of carbonyl (C=O) groups excluding carboxylic acids is 1. The maximum atomic E-state index is 12.3. The van der Waals surface area contributed by atoms with Crippen LogP contribution in [-0.4, -0.2) is 35.1 Å². The van der Waals surface area contributed by atoms with E-state index < -0.39 is 6.10 Å². The van der Waals surface area contributed by atoms with E-state index in [1.807, 2.05) is 6.92 Å². The van der Waals surface area contributed by atoms with Gasteiger partial charge in [0.25, 0.3) is 5.91 Å². The molecule has 1 heterocycles. The number of likely N-dealkylation sites (tertiary alicyclic amines) is 1. The number of β-amino-alcohol motifs (C(OH)–C–C–N with tert-alkyl or cyclic N) is 1. The zero-order valence-electron chi connectivity index (χ0n) is 10.3. The lowest BCUT2D eigenvalue weighted by molar-refractivity contribution is 0.0249. The van der Waals surface area contributed by atoms with Crippen molar-refractivity contribution < 1.29 is 9.90 Å². The van der Waals surface area contributed by atoms with Gasteiger partial charge in [-0.2, -0.15) is 0 Å². The Kier molecular flexibility index (Phi) is 3.92. The van der Waals surface area contributed by atoms with E-state index in [9.17, 15) is 9.90 Å². The second-order valence-electron chi connectivity index (χ2n) is 4.82. The van der Waals surface area contributed by atoms with Crippen LogP contribution in [0.15, 0.2) is 22.7 Å². The molecule has 18 heavy (non-hydrogen) atoms. The molecule has 0 radical (unpaired) electrons. The smallest absolute Gasteiger partial charge is 0.256 e. The topological polar surface area (TPSA) is 66.6 Å². The van der Waals surface area contributed by atoms with Crippen molar-refractivity contribution in [2.75, 3.05) is 18.8 Å². The third kappa shape index (κ3) is 2.67. The van der Waals surface area contributed by atoms with Gasteiger partial charge in [0.1, 0.15) is 0 Å². The molecule has 1 amide bonds. The van der Waals surface area contributed by atoms with Crippen molar-refractivity contribution in [3.05, 3.63) is 28.2 Å². The first kappa shape index (κ1) is 13.4. The molecular formula is C13H17BrN2O2. The Balaban J connectivity index is 2.19. The quantitative estimate of drug-likeness (QED) is 0.778. The molecule has 2 atom stereocenters. The number of nitrogens with two attached hydrogens (primary N) is 1. The monoisotopic (exact) mass is 312 g/mol. The summed E-state index contributed by atoms with van der Waals surface area (Å²) in [6.07, 6.45) is 0.372. The Morgan fingerprint density at radius 1 is 1.56 bits per heavy atom. The van der Waals surface area contributed by atoms with E-state index in [1.165, 1.54) is 0 Å². The van der Waals surface area contributed by atoms with Gasteiger partial charge in [-0.1, -0.05) is 22.9 Å². The summed E-state index contributed by atoms with van der Waals surface area (Å²) < 4.78 is 0.825. The minimum absolute atomic E-state index is 0.111. The number of halogens is 1. The fourth-order valence-electron chi connectivity index (χ4n) is 2.12. The van der Waals surface area contributed by atoms with Gasteiger partial charge in [-0.15, -0.1) is 0 Å². The summed E-state index contributed by atoms with van der Waals surface area (Å²) in [5, 5.41) is 9.83. The number of nitrogens with zero attached hydrogens (tertiary/aromatic N) is 1. The van der Waals surface area contributed by atoms with Crippen LogP contribution in [0.25, 0.3) is 0 Å². The van der Waals surface area contributed by atoms with E-state index in [2.05, 4.69) is 15.9 Å². The van der Waals surface area contributed by atoms with Crippen molar-refractivity contribution in [1.82, 2.24) is 4.90 Å². The van der Waals surface area contributed by atoms with Crippen LogP contribution in [0.2, 0.25) is 0 Å². The Labute approximate surface area is 115 Å². The maximum Gasteiger partial charge on any atom is 0.256 e. The first-order valence-electron chi connectivity index (χ1n) is 6.01. The molecule has 1 saturated heterocycles. The summed E-state index contributed by atoms with van der Waals surface area (Å²) in [6, 6.07) is 5.24. The number of hydrogen-bond acceptors (Lipinski definition) is 3. The number of benzene rings is 1. The van der Waals surface area contributed by atoms with Crippen LogP contribution in [0.1, 0.15) is 23.7 Å². The minimum Gasteiger partial charge on any atom is -0.398 e. The van der Waals surface area contributed by atoms with Crippen LogP contribution < -0.4 is 5.73 Å². The molecule has 1 aromatic carbocycles. The van der Waals surface area contributed by atoms with Crippen molar-refractivity contribution in [3.63, 3.8) is 0 Å². The first-order valence-corrected chi connectivity index (χ1v) is 6.80. The lowest BCUT2D eigenvalue weighted by Crippen LogP contribution is -2.46. The number of aliphatic hydroxyl groups is 1.